The monoisotopic (exact) mass is 256 g/mol. The number of aliphatic hydroxyl groups excluding tert-OH is 1. The number of sulfone groups is 1. The Balaban J connectivity index is 2.83. The average molecular weight is 257 g/mol. The maximum atomic E-state index is 11.2. The van der Waals surface area contributed by atoms with Crippen LogP contribution in [0.3, 0.4) is 0 Å². The summed E-state index contributed by atoms with van der Waals surface area (Å²) in [5.74, 6) is 0.157. The fourth-order valence-electron chi connectivity index (χ4n) is 1.05. The smallest absolute Gasteiger partial charge is 0.165 e. The second kappa shape index (κ2) is 2.96. The van der Waals surface area contributed by atoms with Gasteiger partial charge in [-0.1, -0.05) is 15.9 Å². The maximum Gasteiger partial charge on any atom is 0.165 e. The van der Waals surface area contributed by atoms with Crippen molar-refractivity contribution in [3.63, 3.8) is 0 Å². The standard InChI is InChI=1S/C7H13BrO3S/c1-7(8,12(2,10)11)6(9)5-3-4-5/h5-6,9H,3-4H2,1-2H3/t6-,7+/m0/s1. The van der Waals surface area contributed by atoms with Crippen molar-refractivity contribution < 1.29 is 13.5 Å². The van der Waals surface area contributed by atoms with E-state index in [2.05, 4.69) is 15.9 Å². The summed E-state index contributed by atoms with van der Waals surface area (Å²) >= 11 is 3.07. The molecule has 0 spiro atoms. The van der Waals surface area contributed by atoms with Crippen LogP contribution in [0, 0.1) is 5.92 Å². The SMILES string of the molecule is C[C@](Br)([C@@H](O)C1CC1)S(C)(=O)=O. The molecule has 12 heavy (non-hydrogen) atoms. The fraction of sp³-hybridized carbons (Fsp3) is 1.00. The summed E-state index contributed by atoms with van der Waals surface area (Å²) in [5.41, 5.74) is 0. The molecule has 3 nitrogen and oxygen atoms in total. The Morgan fingerprint density at radius 1 is 1.58 bits per heavy atom. The molecule has 1 aliphatic rings. The molecule has 72 valence electrons. The minimum Gasteiger partial charge on any atom is -0.390 e. The van der Waals surface area contributed by atoms with Gasteiger partial charge in [0.2, 0.25) is 0 Å². The van der Waals surface area contributed by atoms with Crippen molar-refractivity contribution in [2.45, 2.75) is 29.5 Å². The molecule has 0 aromatic heterocycles. The molecule has 1 N–H and O–H groups in total. The zero-order valence-corrected chi connectivity index (χ0v) is 9.52. The van der Waals surface area contributed by atoms with Gasteiger partial charge in [0.05, 0.1) is 6.10 Å². The number of rotatable bonds is 3. The van der Waals surface area contributed by atoms with Crippen molar-refractivity contribution in [1.82, 2.24) is 0 Å². The Bertz CT molecular complexity index is 266. The van der Waals surface area contributed by atoms with Gasteiger partial charge in [0.25, 0.3) is 0 Å². The van der Waals surface area contributed by atoms with Gasteiger partial charge in [-0.2, -0.15) is 0 Å². The van der Waals surface area contributed by atoms with Crippen molar-refractivity contribution in [3.8, 4) is 0 Å². The third-order valence-corrected chi connectivity index (χ3v) is 6.25. The van der Waals surface area contributed by atoms with Crippen LogP contribution in [0.15, 0.2) is 0 Å². The summed E-state index contributed by atoms with van der Waals surface area (Å²) in [7, 11) is -3.24. The maximum absolute atomic E-state index is 11.2. The molecule has 0 heterocycles. The van der Waals surface area contributed by atoms with E-state index in [0.717, 1.165) is 19.1 Å². The second-order valence-corrected chi connectivity index (χ2v) is 8.10. The lowest BCUT2D eigenvalue weighted by molar-refractivity contribution is 0.142. The van der Waals surface area contributed by atoms with E-state index in [1.54, 1.807) is 0 Å². The normalized spacial score (nSPS) is 26.3. The van der Waals surface area contributed by atoms with Crippen molar-refractivity contribution >= 4 is 25.8 Å². The van der Waals surface area contributed by atoms with Crippen LogP contribution < -0.4 is 0 Å². The molecule has 0 aliphatic heterocycles. The summed E-state index contributed by atoms with van der Waals surface area (Å²) in [5, 5.41) is 9.63. The van der Waals surface area contributed by atoms with E-state index in [4.69, 9.17) is 0 Å². The molecule has 0 radical (unpaired) electrons. The van der Waals surface area contributed by atoms with Gasteiger partial charge < -0.3 is 5.11 Å². The van der Waals surface area contributed by atoms with Gasteiger partial charge >= 0.3 is 0 Å². The first kappa shape index (κ1) is 10.5. The third kappa shape index (κ3) is 1.83. The van der Waals surface area contributed by atoms with Crippen LogP contribution >= 0.6 is 15.9 Å². The van der Waals surface area contributed by atoms with Gasteiger partial charge in [-0.05, 0) is 25.7 Å². The highest BCUT2D eigenvalue weighted by atomic mass is 79.9. The summed E-state index contributed by atoms with van der Waals surface area (Å²) in [6, 6.07) is 0. The summed E-state index contributed by atoms with van der Waals surface area (Å²) in [4.78, 5) is 0. The molecule has 0 amide bonds. The predicted octanol–water partition coefficient (Wildman–Crippen LogP) is 0.913. The van der Waals surface area contributed by atoms with E-state index in [0.29, 0.717) is 0 Å². The molecule has 0 unspecified atom stereocenters. The molecule has 0 saturated heterocycles. The lowest BCUT2D eigenvalue weighted by atomic mass is 10.2. The van der Waals surface area contributed by atoms with Gasteiger partial charge in [0.15, 0.2) is 9.84 Å². The number of aliphatic hydroxyl groups is 1. The molecule has 2 atom stereocenters. The van der Waals surface area contributed by atoms with Gasteiger partial charge in [-0.25, -0.2) is 8.42 Å². The summed E-state index contributed by atoms with van der Waals surface area (Å²) < 4.78 is 21.3. The zero-order chi connectivity index (χ0) is 9.57. The number of halogens is 1. The molecule has 1 fully saturated rings. The molecular formula is C7H13BrO3S. The van der Waals surface area contributed by atoms with Crippen LogP contribution in [0.4, 0.5) is 0 Å². The number of hydrogen-bond donors (Lipinski definition) is 1. The molecule has 1 rings (SSSR count). The number of alkyl halides is 1. The van der Waals surface area contributed by atoms with Crippen LogP contribution in [0.5, 0.6) is 0 Å². The Morgan fingerprint density at radius 2 is 2.00 bits per heavy atom. The Labute approximate surface area is 81.2 Å². The average Bonchev–Trinajstić information content (AvgIpc) is 2.64. The molecular weight excluding hydrogens is 244 g/mol. The summed E-state index contributed by atoms with van der Waals surface area (Å²) in [6.45, 7) is 1.51. The van der Waals surface area contributed by atoms with Gasteiger partial charge in [-0.15, -0.1) is 0 Å². The zero-order valence-electron chi connectivity index (χ0n) is 7.12. The van der Waals surface area contributed by atoms with Crippen molar-refractivity contribution in [1.29, 1.82) is 0 Å². The highest BCUT2D eigenvalue weighted by Crippen LogP contribution is 2.42. The van der Waals surface area contributed by atoms with E-state index in [1.807, 2.05) is 0 Å². The van der Waals surface area contributed by atoms with E-state index in [9.17, 15) is 13.5 Å². The van der Waals surface area contributed by atoms with Crippen LogP contribution in [-0.2, 0) is 9.84 Å². The lowest BCUT2D eigenvalue weighted by Gasteiger charge is -2.26. The second-order valence-electron chi connectivity index (χ2n) is 3.54. The lowest BCUT2D eigenvalue weighted by Crippen LogP contribution is -2.41. The van der Waals surface area contributed by atoms with Crippen LogP contribution in [0.2, 0.25) is 0 Å². The Morgan fingerprint density at radius 3 is 2.25 bits per heavy atom. The molecule has 0 bridgehead atoms. The first-order chi connectivity index (χ1) is 5.27. The fourth-order valence-corrected chi connectivity index (χ4v) is 2.06. The van der Waals surface area contributed by atoms with E-state index in [-0.39, 0.29) is 5.92 Å². The topological polar surface area (TPSA) is 54.4 Å². The Hall–Kier alpha value is 0.390. The highest BCUT2D eigenvalue weighted by molar-refractivity contribution is 9.11. The first-order valence-corrected chi connectivity index (χ1v) is 6.52. The largest absolute Gasteiger partial charge is 0.390 e. The molecule has 0 aromatic rings. The molecule has 1 aliphatic carbocycles. The van der Waals surface area contributed by atoms with Crippen molar-refractivity contribution in [2.75, 3.05) is 6.26 Å². The first-order valence-electron chi connectivity index (χ1n) is 3.83. The summed E-state index contributed by atoms with van der Waals surface area (Å²) in [6.07, 6.45) is 2.20. The Kier molecular flexibility index (Phi) is 2.58. The quantitative estimate of drug-likeness (QED) is 0.765. The highest BCUT2D eigenvalue weighted by Gasteiger charge is 2.47. The van der Waals surface area contributed by atoms with E-state index in [1.165, 1.54) is 6.92 Å². The van der Waals surface area contributed by atoms with Crippen LogP contribution in [-0.4, -0.2) is 29.5 Å². The van der Waals surface area contributed by atoms with Crippen LogP contribution in [0.1, 0.15) is 19.8 Å². The molecule has 1 saturated carbocycles. The van der Waals surface area contributed by atoms with Crippen molar-refractivity contribution in [3.05, 3.63) is 0 Å². The van der Waals surface area contributed by atoms with Gasteiger partial charge in [-0.3, -0.25) is 0 Å². The minimum absolute atomic E-state index is 0.157. The predicted molar refractivity (Wildman–Crippen MR) is 50.9 cm³/mol. The third-order valence-electron chi connectivity index (χ3n) is 2.32. The van der Waals surface area contributed by atoms with Gasteiger partial charge in [0.1, 0.15) is 3.66 Å². The van der Waals surface area contributed by atoms with Crippen LogP contribution in [0.25, 0.3) is 0 Å². The van der Waals surface area contributed by atoms with Crippen molar-refractivity contribution in [2.24, 2.45) is 5.92 Å². The number of hydrogen-bond acceptors (Lipinski definition) is 3. The minimum atomic E-state index is -3.24. The molecule has 5 heteroatoms. The van der Waals surface area contributed by atoms with Gasteiger partial charge in [0, 0.05) is 6.26 Å². The van der Waals surface area contributed by atoms with E-state index < -0.39 is 19.6 Å². The van der Waals surface area contributed by atoms with E-state index >= 15 is 0 Å². The molecule has 0 aromatic carbocycles.